The number of unbranched alkanes of at least 4 members (excludes halogenated alkanes) is 1. The molecule has 0 aliphatic carbocycles. The second kappa shape index (κ2) is 6.34. The van der Waals surface area contributed by atoms with Crippen molar-refractivity contribution in [1.82, 2.24) is 9.29 Å². The molecular formula is C13H21N3O2S. The molecule has 0 spiro atoms. The predicted octanol–water partition coefficient (Wildman–Crippen LogP) is 2.08. The van der Waals surface area contributed by atoms with Gasteiger partial charge in [-0.1, -0.05) is 13.3 Å². The topological polar surface area (TPSA) is 62.3 Å². The Morgan fingerprint density at radius 1 is 1.32 bits per heavy atom. The van der Waals surface area contributed by atoms with Crippen molar-refractivity contribution in [1.29, 1.82) is 0 Å². The number of pyridine rings is 1. The van der Waals surface area contributed by atoms with Crippen LogP contribution in [0.4, 0.5) is 5.82 Å². The fourth-order valence-electron chi connectivity index (χ4n) is 2.11. The van der Waals surface area contributed by atoms with Gasteiger partial charge >= 0.3 is 0 Å². The average Bonchev–Trinajstić information content (AvgIpc) is 2.94. The SMILES string of the molecule is CCCCNc1ccc(S(=O)(=O)N2CCCC2)cn1. The minimum absolute atomic E-state index is 0.287. The van der Waals surface area contributed by atoms with Crippen molar-refractivity contribution >= 4 is 15.8 Å². The van der Waals surface area contributed by atoms with Gasteiger partial charge in [0.05, 0.1) is 0 Å². The molecule has 1 saturated heterocycles. The van der Waals surface area contributed by atoms with E-state index in [-0.39, 0.29) is 4.90 Å². The summed E-state index contributed by atoms with van der Waals surface area (Å²) in [5, 5.41) is 3.17. The van der Waals surface area contributed by atoms with Crippen molar-refractivity contribution in [3.63, 3.8) is 0 Å². The largest absolute Gasteiger partial charge is 0.370 e. The van der Waals surface area contributed by atoms with E-state index >= 15 is 0 Å². The highest BCUT2D eigenvalue weighted by Crippen LogP contribution is 2.20. The number of anilines is 1. The van der Waals surface area contributed by atoms with E-state index in [1.54, 1.807) is 12.1 Å². The van der Waals surface area contributed by atoms with Crippen LogP contribution in [-0.4, -0.2) is 37.3 Å². The molecule has 0 atom stereocenters. The van der Waals surface area contributed by atoms with Crippen molar-refractivity contribution in [2.45, 2.75) is 37.5 Å². The molecule has 1 aliphatic rings. The maximum absolute atomic E-state index is 12.3. The maximum Gasteiger partial charge on any atom is 0.244 e. The number of sulfonamides is 1. The molecule has 1 aliphatic heterocycles. The van der Waals surface area contributed by atoms with Crippen LogP contribution in [0.2, 0.25) is 0 Å². The van der Waals surface area contributed by atoms with E-state index in [9.17, 15) is 8.42 Å². The first-order valence-corrected chi connectivity index (χ1v) is 8.28. The van der Waals surface area contributed by atoms with Gasteiger partial charge < -0.3 is 5.32 Å². The maximum atomic E-state index is 12.3. The Kier molecular flexibility index (Phi) is 4.76. The van der Waals surface area contributed by atoms with Gasteiger partial charge in [-0.05, 0) is 31.4 Å². The molecule has 2 heterocycles. The molecule has 1 fully saturated rings. The van der Waals surface area contributed by atoms with Gasteiger partial charge in [0.1, 0.15) is 10.7 Å². The van der Waals surface area contributed by atoms with Crippen LogP contribution in [0.25, 0.3) is 0 Å². The molecule has 1 aromatic rings. The zero-order valence-corrected chi connectivity index (χ0v) is 12.1. The van der Waals surface area contributed by atoms with E-state index in [0.717, 1.165) is 38.0 Å². The molecule has 1 aromatic heterocycles. The number of nitrogens with one attached hydrogen (secondary N) is 1. The number of aromatic nitrogens is 1. The lowest BCUT2D eigenvalue weighted by Gasteiger charge is -2.15. The molecule has 106 valence electrons. The quantitative estimate of drug-likeness (QED) is 0.812. The summed E-state index contributed by atoms with van der Waals surface area (Å²) in [6.45, 7) is 4.24. The normalized spacial score (nSPS) is 16.7. The lowest BCUT2D eigenvalue weighted by molar-refractivity contribution is 0.477. The second-order valence-electron chi connectivity index (χ2n) is 4.77. The molecule has 5 nitrogen and oxygen atoms in total. The molecule has 0 amide bonds. The number of hydrogen-bond donors (Lipinski definition) is 1. The summed E-state index contributed by atoms with van der Waals surface area (Å²) in [6.07, 6.45) is 5.54. The molecule has 0 radical (unpaired) electrons. The molecular weight excluding hydrogens is 262 g/mol. The fraction of sp³-hybridized carbons (Fsp3) is 0.615. The highest BCUT2D eigenvalue weighted by Gasteiger charge is 2.27. The van der Waals surface area contributed by atoms with E-state index in [1.165, 1.54) is 10.5 Å². The summed E-state index contributed by atoms with van der Waals surface area (Å²) in [5.74, 6) is 0.730. The molecule has 0 bridgehead atoms. The van der Waals surface area contributed by atoms with E-state index in [2.05, 4.69) is 17.2 Å². The molecule has 6 heteroatoms. The van der Waals surface area contributed by atoms with E-state index in [4.69, 9.17) is 0 Å². The Hall–Kier alpha value is -1.14. The number of rotatable bonds is 6. The van der Waals surface area contributed by atoms with Crippen LogP contribution in [0.15, 0.2) is 23.2 Å². The third-order valence-corrected chi connectivity index (χ3v) is 5.16. The summed E-state index contributed by atoms with van der Waals surface area (Å²) >= 11 is 0. The van der Waals surface area contributed by atoms with E-state index in [0.29, 0.717) is 13.1 Å². The van der Waals surface area contributed by atoms with E-state index < -0.39 is 10.0 Å². The standard InChI is InChI=1S/C13H21N3O2S/c1-2-3-8-14-13-7-6-12(11-15-13)19(17,18)16-9-4-5-10-16/h6-7,11H,2-5,8-10H2,1H3,(H,14,15). The zero-order chi connectivity index (χ0) is 13.7. The van der Waals surface area contributed by atoms with Gasteiger partial charge in [-0.2, -0.15) is 4.31 Å². The molecule has 19 heavy (non-hydrogen) atoms. The summed E-state index contributed by atoms with van der Waals surface area (Å²) in [7, 11) is -3.34. The Bertz CT molecular complexity index is 493. The van der Waals surface area contributed by atoms with Crippen molar-refractivity contribution in [3.05, 3.63) is 18.3 Å². The minimum Gasteiger partial charge on any atom is -0.370 e. The van der Waals surface area contributed by atoms with Crippen molar-refractivity contribution in [2.75, 3.05) is 25.0 Å². The van der Waals surface area contributed by atoms with E-state index in [1.807, 2.05) is 0 Å². The van der Waals surface area contributed by atoms with Crippen LogP contribution in [-0.2, 0) is 10.0 Å². The number of nitrogens with zero attached hydrogens (tertiary/aromatic N) is 2. The van der Waals surface area contributed by atoms with Crippen molar-refractivity contribution in [2.24, 2.45) is 0 Å². The summed E-state index contributed by atoms with van der Waals surface area (Å²) in [5.41, 5.74) is 0. The monoisotopic (exact) mass is 283 g/mol. The van der Waals surface area contributed by atoms with Crippen LogP contribution in [0.1, 0.15) is 32.6 Å². The van der Waals surface area contributed by atoms with Crippen molar-refractivity contribution in [3.8, 4) is 0 Å². The van der Waals surface area contributed by atoms with Gasteiger partial charge in [-0.25, -0.2) is 13.4 Å². The van der Waals surface area contributed by atoms with Crippen molar-refractivity contribution < 1.29 is 8.42 Å². The molecule has 0 aromatic carbocycles. The highest BCUT2D eigenvalue weighted by molar-refractivity contribution is 7.89. The molecule has 0 saturated carbocycles. The van der Waals surface area contributed by atoms with Crippen LogP contribution in [0, 0.1) is 0 Å². The third-order valence-electron chi connectivity index (χ3n) is 3.28. The van der Waals surface area contributed by atoms with Gasteiger partial charge in [0.2, 0.25) is 10.0 Å². The van der Waals surface area contributed by atoms with Crippen LogP contribution in [0.3, 0.4) is 0 Å². The smallest absolute Gasteiger partial charge is 0.244 e. The average molecular weight is 283 g/mol. The summed E-state index contributed by atoms with van der Waals surface area (Å²) in [6, 6.07) is 3.37. The first-order chi connectivity index (χ1) is 9.14. The lowest BCUT2D eigenvalue weighted by atomic mass is 10.3. The first-order valence-electron chi connectivity index (χ1n) is 6.84. The molecule has 1 N–H and O–H groups in total. The highest BCUT2D eigenvalue weighted by atomic mass is 32.2. The Morgan fingerprint density at radius 2 is 2.05 bits per heavy atom. The summed E-state index contributed by atoms with van der Waals surface area (Å²) < 4.78 is 26.1. The van der Waals surface area contributed by atoms with Gasteiger partial charge in [0.15, 0.2) is 0 Å². The fourth-order valence-corrected chi connectivity index (χ4v) is 3.57. The number of hydrogen-bond acceptors (Lipinski definition) is 4. The van der Waals surface area contributed by atoms with Gasteiger partial charge in [-0.15, -0.1) is 0 Å². The van der Waals surface area contributed by atoms with Gasteiger partial charge in [0, 0.05) is 25.8 Å². The predicted molar refractivity (Wildman–Crippen MR) is 75.6 cm³/mol. The van der Waals surface area contributed by atoms with Crippen LogP contribution < -0.4 is 5.32 Å². The first kappa shape index (κ1) is 14.3. The Labute approximate surface area is 115 Å². The third kappa shape index (κ3) is 3.45. The Morgan fingerprint density at radius 3 is 2.63 bits per heavy atom. The van der Waals surface area contributed by atoms with Gasteiger partial charge in [-0.3, -0.25) is 0 Å². The van der Waals surface area contributed by atoms with Crippen LogP contribution in [0.5, 0.6) is 0 Å². The van der Waals surface area contributed by atoms with Crippen LogP contribution >= 0.6 is 0 Å². The lowest BCUT2D eigenvalue weighted by Crippen LogP contribution is -2.27. The molecule has 0 unspecified atom stereocenters. The minimum atomic E-state index is -3.34. The zero-order valence-electron chi connectivity index (χ0n) is 11.3. The molecule has 2 rings (SSSR count). The van der Waals surface area contributed by atoms with Gasteiger partial charge in [0.25, 0.3) is 0 Å². The second-order valence-corrected chi connectivity index (χ2v) is 6.71. The Balaban J connectivity index is 2.05. The summed E-state index contributed by atoms with van der Waals surface area (Å²) in [4.78, 5) is 4.46.